The second-order valence-corrected chi connectivity index (χ2v) is 5.01. The minimum Gasteiger partial charge on any atom is -0.468 e. The molecule has 0 amide bonds. The minimum absolute atomic E-state index is 0.405. The first kappa shape index (κ1) is 13.6. The van der Waals surface area contributed by atoms with Crippen LogP contribution in [0.1, 0.15) is 25.1 Å². The van der Waals surface area contributed by atoms with Crippen molar-refractivity contribution in [2.75, 3.05) is 46.3 Å². The Morgan fingerprint density at radius 1 is 1.44 bits per heavy atom. The van der Waals surface area contributed by atoms with Crippen LogP contribution in [0.25, 0.3) is 0 Å². The number of piperazine rings is 1. The van der Waals surface area contributed by atoms with Crippen molar-refractivity contribution in [3.05, 3.63) is 24.2 Å². The third kappa shape index (κ3) is 3.57. The highest BCUT2D eigenvalue weighted by atomic mass is 16.3. The summed E-state index contributed by atoms with van der Waals surface area (Å²) in [4.78, 5) is 4.93. The van der Waals surface area contributed by atoms with Gasteiger partial charge in [-0.05, 0) is 25.6 Å². The van der Waals surface area contributed by atoms with Crippen molar-refractivity contribution in [2.45, 2.75) is 19.4 Å². The molecule has 2 rings (SSSR count). The van der Waals surface area contributed by atoms with Gasteiger partial charge in [-0.1, -0.05) is 6.92 Å². The molecule has 0 aromatic carbocycles. The average Bonchev–Trinajstić information content (AvgIpc) is 2.92. The summed E-state index contributed by atoms with van der Waals surface area (Å²) in [5.74, 6) is 1.08. The van der Waals surface area contributed by atoms with Crippen molar-refractivity contribution in [2.24, 2.45) is 0 Å². The lowest BCUT2D eigenvalue weighted by Crippen LogP contribution is -2.46. The van der Waals surface area contributed by atoms with Crippen LogP contribution in [0.4, 0.5) is 0 Å². The van der Waals surface area contributed by atoms with Gasteiger partial charge in [0.15, 0.2) is 0 Å². The number of nitrogens with zero attached hydrogens (tertiary/aromatic N) is 2. The Morgan fingerprint density at radius 3 is 2.83 bits per heavy atom. The van der Waals surface area contributed by atoms with Crippen molar-refractivity contribution >= 4 is 0 Å². The van der Waals surface area contributed by atoms with E-state index in [0.29, 0.717) is 6.04 Å². The van der Waals surface area contributed by atoms with E-state index >= 15 is 0 Å². The summed E-state index contributed by atoms with van der Waals surface area (Å²) in [5, 5.41) is 3.39. The Hall–Kier alpha value is -0.840. The van der Waals surface area contributed by atoms with Crippen LogP contribution < -0.4 is 5.32 Å². The van der Waals surface area contributed by atoms with Crippen LogP contribution in [0, 0.1) is 0 Å². The van der Waals surface area contributed by atoms with Crippen LogP contribution in [-0.2, 0) is 0 Å². The zero-order valence-electron chi connectivity index (χ0n) is 11.6. The summed E-state index contributed by atoms with van der Waals surface area (Å²) in [6.45, 7) is 9.05. The molecule has 18 heavy (non-hydrogen) atoms. The second kappa shape index (κ2) is 6.92. The molecule has 1 atom stereocenters. The summed E-state index contributed by atoms with van der Waals surface area (Å²) < 4.78 is 5.53. The lowest BCUT2D eigenvalue weighted by Gasteiger charge is -2.31. The van der Waals surface area contributed by atoms with Gasteiger partial charge in [0.05, 0.1) is 12.3 Å². The summed E-state index contributed by atoms with van der Waals surface area (Å²) in [5.41, 5.74) is 0. The molecule has 1 N–H and O–H groups in total. The topological polar surface area (TPSA) is 31.7 Å². The lowest BCUT2D eigenvalue weighted by atomic mass is 10.1. The molecular formula is C14H25N3O. The Balaban J connectivity index is 1.80. The smallest absolute Gasteiger partial charge is 0.120 e. The summed E-state index contributed by atoms with van der Waals surface area (Å²) >= 11 is 0. The van der Waals surface area contributed by atoms with Gasteiger partial charge < -0.3 is 9.73 Å². The normalized spacial score (nSPS) is 19.3. The molecule has 1 aliphatic heterocycles. The molecular weight excluding hydrogens is 226 g/mol. The molecule has 102 valence electrons. The maximum atomic E-state index is 5.53. The van der Waals surface area contributed by atoms with Gasteiger partial charge in [0, 0.05) is 39.3 Å². The van der Waals surface area contributed by atoms with Gasteiger partial charge in [0.1, 0.15) is 5.76 Å². The van der Waals surface area contributed by atoms with E-state index in [1.165, 1.54) is 13.1 Å². The third-order valence-electron chi connectivity index (χ3n) is 3.77. The highest BCUT2D eigenvalue weighted by Crippen LogP contribution is 2.22. The first-order chi connectivity index (χ1) is 8.81. The van der Waals surface area contributed by atoms with Crippen molar-refractivity contribution in [3.63, 3.8) is 0 Å². The quantitative estimate of drug-likeness (QED) is 0.831. The fourth-order valence-electron chi connectivity index (χ4n) is 2.60. The van der Waals surface area contributed by atoms with E-state index in [2.05, 4.69) is 35.2 Å². The maximum Gasteiger partial charge on any atom is 0.120 e. The molecule has 4 heteroatoms. The molecule has 1 aliphatic rings. The number of likely N-dealkylation sites (N-methyl/N-ethyl adjacent to an activating group) is 1. The monoisotopic (exact) mass is 251 g/mol. The van der Waals surface area contributed by atoms with Gasteiger partial charge in [-0.2, -0.15) is 0 Å². The van der Waals surface area contributed by atoms with Gasteiger partial charge in [0.2, 0.25) is 0 Å². The van der Waals surface area contributed by atoms with Gasteiger partial charge in [-0.3, -0.25) is 9.80 Å². The molecule has 4 nitrogen and oxygen atoms in total. The minimum atomic E-state index is 0.405. The van der Waals surface area contributed by atoms with Gasteiger partial charge >= 0.3 is 0 Å². The molecule has 1 unspecified atom stereocenters. The number of furan rings is 1. The van der Waals surface area contributed by atoms with Gasteiger partial charge in [-0.15, -0.1) is 0 Å². The van der Waals surface area contributed by atoms with E-state index in [0.717, 1.165) is 38.4 Å². The van der Waals surface area contributed by atoms with E-state index < -0.39 is 0 Å². The standard InChI is InChI=1S/C14H25N3O/c1-3-13(14-5-4-12-18-14)16(2)10-11-17-8-6-15-7-9-17/h4-5,12-13,15H,3,6-11H2,1-2H3. The lowest BCUT2D eigenvalue weighted by molar-refractivity contribution is 0.162. The highest BCUT2D eigenvalue weighted by Gasteiger charge is 2.18. The summed E-state index contributed by atoms with van der Waals surface area (Å²) in [6.07, 6.45) is 2.85. The number of hydrogen-bond acceptors (Lipinski definition) is 4. The van der Waals surface area contributed by atoms with E-state index in [-0.39, 0.29) is 0 Å². The van der Waals surface area contributed by atoms with Gasteiger partial charge in [0.25, 0.3) is 0 Å². The van der Waals surface area contributed by atoms with Crippen LogP contribution in [0.2, 0.25) is 0 Å². The molecule has 0 aliphatic carbocycles. The predicted molar refractivity (Wildman–Crippen MR) is 73.7 cm³/mol. The number of nitrogens with one attached hydrogen (secondary N) is 1. The first-order valence-corrected chi connectivity index (χ1v) is 6.98. The molecule has 0 radical (unpaired) electrons. The Morgan fingerprint density at radius 2 is 2.22 bits per heavy atom. The van der Waals surface area contributed by atoms with Crippen molar-refractivity contribution < 1.29 is 4.42 Å². The SMILES string of the molecule is CCC(c1ccco1)N(C)CCN1CCNCC1. The maximum absolute atomic E-state index is 5.53. The molecule has 0 bridgehead atoms. The Bertz CT molecular complexity index is 320. The summed E-state index contributed by atoms with van der Waals surface area (Å²) in [6, 6.07) is 4.46. The largest absolute Gasteiger partial charge is 0.468 e. The van der Waals surface area contributed by atoms with Crippen LogP contribution in [0.3, 0.4) is 0 Å². The first-order valence-electron chi connectivity index (χ1n) is 6.98. The van der Waals surface area contributed by atoms with Crippen LogP contribution in [0.15, 0.2) is 22.8 Å². The van der Waals surface area contributed by atoms with Crippen molar-refractivity contribution in [3.8, 4) is 0 Å². The fraction of sp³-hybridized carbons (Fsp3) is 0.714. The predicted octanol–water partition coefficient (Wildman–Crippen LogP) is 1.57. The molecule has 1 aromatic heterocycles. The number of hydrogen-bond donors (Lipinski definition) is 1. The number of rotatable bonds is 6. The fourth-order valence-corrected chi connectivity index (χ4v) is 2.60. The van der Waals surface area contributed by atoms with Crippen LogP contribution >= 0.6 is 0 Å². The third-order valence-corrected chi connectivity index (χ3v) is 3.77. The zero-order chi connectivity index (χ0) is 12.8. The van der Waals surface area contributed by atoms with E-state index in [1.807, 2.05) is 6.07 Å². The van der Waals surface area contributed by atoms with Crippen LogP contribution in [-0.4, -0.2) is 56.1 Å². The zero-order valence-corrected chi connectivity index (χ0v) is 11.6. The Kier molecular flexibility index (Phi) is 5.23. The van der Waals surface area contributed by atoms with E-state index in [4.69, 9.17) is 4.42 Å². The van der Waals surface area contributed by atoms with Crippen molar-refractivity contribution in [1.82, 2.24) is 15.1 Å². The van der Waals surface area contributed by atoms with E-state index in [1.54, 1.807) is 6.26 Å². The second-order valence-electron chi connectivity index (χ2n) is 5.01. The molecule has 0 spiro atoms. The molecule has 0 saturated carbocycles. The molecule has 1 saturated heterocycles. The van der Waals surface area contributed by atoms with Gasteiger partial charge in [-0.25, -0.2) is 0 Å². The van der Waals surface area contributed by atoms with E-state index in [9.17, 15) is 0 Å². The van der Waals surface area contributed by atoms with Crippen LogP contribution in [0.5, 0.6) is 0 Å². The van der Waals surface area contributed by atoms with Crippen molar-refractivity contribution in [1.29, 1.82) is 0 Å². The highest BCUT2D eigenvalue weighted by molar-refractivity contribution is 5.04. The Labute approximate surface area is 110 Å². The molecule has 1 aromatic rings. The molecule has 1 fully saturated rings. The average molecular weight is 251 g/mol. The molecule has 2 heterocycles. The summed E-state index contributed by atoms with van der Waals surface area (Å²) in [7, 11) is 2.19.